The van der Waals surface area contributed by atoms with E-state index in [-0.39, 0.29) is 11.5 Å². The molecule has 0 aromatic heterocycles. The number of benzene rings is 2. The van der Waals surface area contributed by atoms with Gasteiger partial charge in [-0.05, 0) is 48.2 Å². The van der Waals surface area contributed by atoms with Crippen molar-refractivity contribution in [1.29, 1.82) is 0 Å². The van der Waals surface area contributed by atoms with E-state index in [1.54, 1.807) is 0 Å². The van der Waals surface area contributed by atoms with E-state index in [0.717, 1.165) is 61.2 Å². The maximum Gasteiger partial charge on any atom is 0.253 e. The van der Waals surface area contributed by atoms with Crippen LogP contribution < -0.4 is 5.73 Å². The van der Waals surface area contributed by atoms with Gasteiger partial charge in [-0.25, -0.2) is 0 Å². The summed E-state index contributed by atoms with van der Waals surface area (Å²) in [6.45, 7) is 2.38. The number of likely N-dealkylation sites (tertiary alicyclic amines) is 1. The number of nitrogens with two attached hydrogens (primary N) is 1. The molecule has 2 heterocycles. The van der Waals surface area contributed by atoms with E-state index in [0.29, 0.717) is 0 Å². The number of oxime groups is 1. The van der Waals surface area contributed by atoms with E-state index < -0.39 is 0 Å². The van der Waals surface area contributed by atoms with Crippen LogP contribution in [0.25, 0.3) is 10.8 Å². The lowest BCUT2D eigenvalue weighted by Gasteiger charge is -2.37. The fourth-order valence-electron chi connectivity index (χ4n) is 3.66. The number of fused-ring (bicyclic) bond motifs is 1. The predicted molar refractivity (Wildman–Crippen MR) is 108 cm³/mol. The van der Waals surface area contributed by atoms with Gasteiger partial charge in [0.05, 0.1) is 0 Å². The quantitative estimate of drug-likeness (QED) is 0.884. The van der Waals surface area contributed by atoms with E-state index >= 15 is 0 Å². The number of hydrogen-bond acceptors (Lipinski definition) is 4. The molecule has 5 heteroatoms. The summed E-state index contributed by atoms with van der Waals surface area (Å²) in [6.07, 6.45) is 7.18. The van der Waals surface area contributed by atoms with Crippen LogP contribution in [0.2, 0.25) is 0 Å². The zero-order valence-corrected chi connectivity index (χ0v) is 15.6. The van der Waals surface area contributed by atoms with Crippen molar-refractivity contribution in [2.75, 3.05) is 19.6 Å². The Labute approximate surface area is 160 Å². The molecule has 0 unspecified atom stereocenters. The van der Waals surface area contributed by atoms with Gasteiger partial charge < -0.3 is 15.5 Å². The van der Waals surface area contributed by atoms with Gasteiger partial charge in [-0.3, -0.25) is 4.79 Å². The molecular formula is C22H27N3O2. The Balaban J connectivity index is 0.000000314. The third kappa shape index (κ3) is 4.14. The molecule has 5 nitrogen and oxygen atoms in total. The Morgan fingerprint density at radius 1 is 1.15 bits per heavy atom. The zero-order valence-electron chi connectivity index (χ0n) is 15.6. The molecule has 2 aliphatic heterocycles. The summed E-state index contributed by atoms with van der Waals surface area (Å²) in [6, 6.07) is 14.0. The molecule has 0 bridgehead atoms. The zero-order chi connectivity index (χ0) is 18.7. The molecule has 0 atom stereocenters. The second-order valence-corrected chi connectivity index (χ2v) is 7.80. The molecule has 1 spiro atoms. The highest BCUT2D eigenvalue weighted by Gasteiger charge is 2.40. The van der Waals surface area contributed by atoms with Gasteiger partial charge in [0.15, 0.2) is 0 Å². The summed E-state index contributed by atoms with van der Waals surface area (Å²) in [5, 5.41) is 6.16. The van der Waals surface area contributed by atoms with Gasteiger partial charge in [-0.1, -0.05) is 35.5 Å². The molecule has 1 saturated heterocycles. The smallest absolute Gasteiger partial charge is 0.253 e. The Kier molecular flexibility index (Phi) is 5.12. The van der Waals surface area contributed by atoms with E-state index in [1.807, 2.05) is 47.5 Å². The summed E-state index contributed by atoms with van der Waals surface area (Å²) in [5.41, 5.74) is 5.84. The minimum absolute atomic E-state index is 0.111. The molecule has 2 aromatic rings. The predicted octanol–water partition coefficient (Wildman–Crippen LogP) is 3.58. The molecule has 142 valence electrons. The minimum Gasteiger partial charge on any atom is -0.389 e. The van der Waals surface area contributed by atoms with Crippen LogP contribution in [0.4, 0.5) is 0 Å². The van der Waals surface area contributed by atoms with Crippen molar-refractivity contribution >= 4 is 22.9 Å². The van der Waals surface area contributed by atoms with Crippen LogP contribution in [-0.2, 0) is 4.84 Å². The van der Waals surface area contributed by atoms with Crippen molar-refractivity contribution in [3.05, 3.63) is 48.0 Å². The number of rotatable bonds is 2. The molecule has 0 radical (unpaired) electrons. The maximum absolute atomic E-state index is 12.7. The minimum atomic E-state index is -0.153. The van der Waals surface area contributed by atoms with Gasteiger partial charge in [0.25, 0.3) is 5.91 Å². The molecule has 2 aromatic carbocycles. The van der Waals surface area contributed by atoms with Crippen LogP contribution in [0.1, 0.15) is 42.5 Å². The van der Waals surface area contributed by atoms with Gasteiger partial charge >= 0.3 is 0 Å². The Bertz CT molecular complexity index is 826. The highest BCUT2D eigenvalue weighted by molar-refractivity contribution is 5.98. The second kappa shape index (κ2) is 7.69. The highest BCUT2D eigenvalue weighted by atomic mass is 16.7. The topological polar surface area (TPSA) is 67.9 Å². The standard InChI is InChI=1S/C18H18N2O2.C4H9N/c21-17(16-6-5-14-3-1-2-4-15(14)13-16)20-11-8-18(9-12-20)7-10-19-22-18;5-3-4-1-2-4/h1-6,10,13H,7-9,11-12H2;4H,1-3,5H2. The summed E-state index contributed by atoms with van der Waals surface area (Å²) in [7, 11) is 0. The fourth-order valence-corrected chi connectivity index (χ4v) is 3.66. The van der Waals surface area contributed by atoms with Crippen LogP contribution >= 0.6 is 0 Å². The van der Waals surface area contributed by atoms with Crippen LogP contribution in [0.15, 0.2) is 47.6 Å². The summed E-state index contributed by atoms with van der Waals surface area (Å²) >= 11 is 0. The van der Waals surface area contributed by atoms with Gasteiger partial charge in [0, 0.05) is 44.1 Å². The fraction of sp³-hybridized carbons (Fsp3) is 0.455. The van der Waals surface area contributed by atoms with Crippen molar-refractivity contribution in [3.63, 3.8) is 0 Å². The Hall–Kier alpha value is -2.40. The third-order valence-electron chi connectivity index (χ3n) is 5.77. The first kappa shape index (κ1) is 18.0. The van der Waals surface area contributed by atoms with E-state index in [1.165, 1.54) is 12.8 Å². The Morgan fingerprint density at radius 2 is 1.89 bits per heavy atom. The molecule has 27 heavy (non-hydrogen) atoms. The van der Waals surface area contributed by atoms with Gasteiger partial charge in [-0.15, -0.1) is 0 Å². The Morgan fingerprint density at radius 3 is 2.48 bits per heavy atom. The number of carbonyl (C=O) groups excluding carboxylic acids is 1. The van der Waals surface area contributed by atoms with Crippen LogP contribution in [0.5, 0.6) is 0 Å². The van der Waals surface area contributed by atoms with Crippen molar-refractivity contribution in [2.45, 2.75) is 37.7 Å². The van der Waals surface area contributed by atoms with Crippen LogP contribution in [-0.4, -0.2) is 42.3 Å². The average Bonchev–Trinajstić information content (AvgIpc) is 3.47. The lowest BCUT2D eigenvalue weighted by molar-refractivity contribution is -0.0568. The molecular weight excluding hydrogens is 338 g/mol. The molecule has 5 rings (SSSR count). The maximum atomic E-state index is 12.7. The lowest BCUT2D eigenvalue weighted by atomic mass is 9.89. The monoisotopic (exact) mass is 365 g/mol. The summed E-state index contributed by atoms with van der Waals surface area (Å²) in [5.74, 6) is 1.02. The number of nitrogens with zero attached hydrogens (tertiary/aromatic N) is 2. The van der Waals surface area contributed by atoms with Gasteiger partial charge in [0.1, 0.15) is 5.60 Å². The van der Waals surface area contributed by atoms with Crippen LogP contribution in [0.3, 0.4) is 0 Å². The number of amides is 1. The van der Waals surface area contributed by atoms with E-state index in [2.05, 4.69) is 11.2 Å². The normalized spacial score (nSPS) is 20.3. The molecule has 1 saturated carbocycles. The molecule has 1 aliphatic carbocycles. The summed E-state index contributed by atoms with van der Waals surface area (Å²) in [4.78, 5) is 20.1. The highest BCUT2D eigenvalue weighted by Crippen LogP contribution is 2.33. The number of hydrogen-bond donors (Lipinski definition) is 1. The largest absolute Gasteiger partial charge is 0.389 e. The number of piperidine rings is 1. The first-order valence-corrected chi connectivity index (χ1v) is 9.87. The van der Waals surface area contributed by atoms with Gasteiger partial charge in [0.2, 0.25) is 0 Å². The molecule has 2 N–H and O–H groups in total. The van der Waals surface area contributed by atoms with E-state index in [4.69, 9.17) is 10.6 Å². The van der Waals surface area contributed by atoms with Crippen molar-refractivity contribution in [2.24, 2.45) is 16.8 Å². The SMILES string of the molecule is NCC1CC1.O=C(c1ccc2ccccc2c1)N1CCC2(CC=NO2)CC1. The second-order valence-electron chi connectivity index (χ2n) is 7.80. The van der Waals surface area contributed by atoms with Crippen molar-refractivity contribution in [3.8, 4) is 0 Å². The lowest BCUT2D eigenvalue weighted by Crippen LogP contribution is -2.46. The average molecular weight is 365 g/mol. The van der Waals surface area contributed by atoms with E-state index in [9.17, 15) is 4.79 Å². The molecule has 2 fully saturated rings. The first-order valence-electron chi connectivity index (χ1n) is 9.87. The molecule has 1 amide bonds. The van der Waals surface area contributed by atoms with Crippen molar-refractivity contribution in [1.82, 2.24) is 4.90 Å². The number of carbonyl (C=O) groups is 1. The first-order chi connectivity index (χ1) is 13.2. The van der Waals surface area contributed by atoms with Crippen molar-refractivity contribution < 1.29 is 9.63 Å². The van der Waals surface area contributed by atoms with Crippen LogP contribution in [0, 0.1) is 5.92 Å². The molecule has 3 aliphatic rings. The van der Waals surface area contributed by atoms with Gasteiger partial charge in [-0.2, -0.15) is 0 Å². The summed E-state index contributed by atoms with van der Waals surface area (Å²) < 4.78 is 0. The third-order valence-corrected chi connectivity index (χ3v) is 5.77.